The average molecular weight is 285 g/mol. The molecule has 2 aromatic carbocycles. The third-order valence-electron chi connectivity index (χ3n) is 3.36. The third-order valence-corrected chi connectivity index (χ3v) is 3.36. The van der Waals surface area contributed by atoms with Crippen molar-refractivity contribution in [1.82, 2.24) is 0 Å². The van der Waals surface area contributed by atoms with Crippen LogP contribution in [0.1, 0.15) is 29.2 Å². The standard InChI is InChI=1S/C17H19NO3/c1-21-16-8-3-2-6-14(16)10-12-5-4-7-13(9-12)15(18)11-17(19)20/h2-9,15H,10-11,18H2,1H3,(H,19,20). The number of rotatable bonds is 6. The highest BCUT2D eigenvalue weighted by molar-refractivity contribution is 5.67. The van der Waals surface area contributed by atoms with E-state index in [1.54, 1.807) is 7.11 Å². The summed E-state index contributed by atoms with van der Waals surface area (Å²) < 4.78 is 5.35. The molecule has 0 fully saturated rings. The Bertz CT molecular complexity index is 625. The van der Waals surface area contributed by atoms with E-state index in [9.17, 15) is 4.79 Å². The first-order valence-electron chi connectivity index (χ1n) is 6.78. The lowest BCUT2D eigenvalue weighted by Crippen LogP contribution is -2.15. The molecule has 2 rings (SSSR count). The van der Waals surface area contributed by atoms with E-state index < -0.39 is 12.0 Å². The minimum atomic E-state index is -0.891. The van der Waals surface area contributed by atoms with Crippen LogP contribution in [0.25, 0.3) is 0 Å². The zero-order valence-corrected chi connectivity index (χ0v) is 12.0. The molecule has 0 aromatic heterocycles. The molecule has 4 heteroatoms. The van der Waals surface area contributed by atoms with Gasteiger partial charge in [-0.05, 0) is 22.8 Å². The van der Waals surface area contributed by atoms with E-state index in [-0.39, 0.29) is 6.42 Å². The third kappa shape index (κ3) is 4.07. The summed E-state index contributed by atoms with van der Waals surface area (Å²) in [4.78, 5) is 10.7. The van der Waals surface area contributed by atoms with Crippen LogP contribution < -0.4 is 10.5 Å². The highest BCUT2D eigenvalue weighted by atomic mass is 16.5. The number of ether oxygens (including phenoxy) is 1. The van der Waals surface area contributed by atoms with E-state index in [1.807, 2.05) is 48.5 Å². The zero-order valence-electron chi connectivity index (χ0n) is 12.0. The fourth-order valence-corrected chi connectivity index (χ4v) is 2.31. The van der Waals surface area contributed by atoms with Gasteiger partial charge in [-0.25, -0.2) is 0 Å². The van der Waals surface area contributed by atoms with Gasteiger partial charge in [0.1, 0.15) is 5.75 Å². The van der Waals surface area contributed by atoms with Crippen molar-refractivity contribution in [2.45, 2.75) is 18.9 Å². The van der Waals surface area contributed by atoms with Gasteiger partial charge in [-0.1, -0.05) is 42.5 Å². The van der Waals surface area contributed by atoms with Crippen molar-refractivity contribution >= 4 is 5.97 Å². The van der Waals surface area contributed by atoms with Gasteiger partial charge < -0.3 is 15.6 Å². The lowest BCUT2D eigenvalue weighted by molar-refractivity contribution is -0.137. The van der Waals surface area contributed by atoms with Gasteiger partial charge in [-0.15, -0.1) is 0 Å². The molecule has 0 heterocycles. The van der Waals surface area contributed by atoms with Gasteiger partial charge in [0.15, 0.2) is 0 Å². The SMILES string of the molecule is COc1ccccc1Cc1cccc(C(N)CC(=O)O)c1. The second kappa shape index (κ2) is 6.90. The molecule has 110 valence electrons. The number of carboxylic acid groups (broad SMARTS) is 1. The van der Waals surface area contributed by atoms with Crippen molar-refractivity contribution in [3.05, 3.63) is 65.2 Å². The van der Waals surface area contributed by atoms with Crippen LogP contribution in [0.4, 0.5) is 0 Å². The fourth-order valence-electron chi connectivity index (χ4n) is 2.31. The Morgan fingerprint density at radius 3 is 2.71 bits per heavy atom. The van der Waals surface area contributed by atoms with Crippen LogP contribution in [0.2, 0.25) is 0 Å². The number of benzene rings is 2. The lowest BCUT2D eigenvalue weighted by Gasteiger charge is -2.12. The first-order chi connectivity index (χ1) is 10.1. The number of hydrogen-bond acceptors (Lipinski definition) is 3. The topological polar surface area (TPSA) is 72.5 Å². The van der Waals surface area contributed by atoms with Crippen LogP contribution in [0.3, 0.4) is 0 Å². The van der Waals surface area contributed by atoms with Gasteiger partial charge in [0.2, 0.25) is 0 Å². The van der Waals surface area contributed by atoms with Crippen LogP contribution in [-0.2, 0) is 11.2 Å². The molecule has 0 radical (unpaired) electrons. The molecule has 0 amide bonds. The number of para-hydroxylation sites is 1. The van der Waals surface area contributed by atoms with E-state index in [2.05, 4.69) is 0 Å². The fraction of sp³-hybridized carbons (Fsp3) is 0.235. The quantitative estimate of drug-likeness (QED) is 0.856. The van der Waals surface area contributed by atoms with Gasteiger partial charge in [0.25, 0.3) is 0 Å². The summed E-state index contributed by atoms with van der Waals surface area (Å²) >= 11 is 0. The molecule has 3 N–H and O–H groups in total. The zero-order chi connectivity index (χ0) is 15.2. The molecular formula is C17H19NO3. The van der Waals surface area contributed by atoms with E-state index >= 15 is 0 Å². The number of aliphatic carboxylic acids is 1. The Morgan fingerprint density at radius 2 is 2.00 bits per heavy atom. The Balaban J connectivity index is 2.19. The van der Waals surface area contributed by atoms with Crippen molar-refractivity contribution in [2.24, 2.45) is 5.73 Å². The minimum Gasteiger partial charge on any atom is -0.496 e. The summed E-state index contributed by atoms with van der Waals surface area (Å²) in [5.74, 6) is -0.0460. The Labute approximate surface area is 124 Å². The Hall–Kier alpha value is -2.33. The molecule has 0 aliphatic heterocycles. The molecule has 0 aliphatic rings. The number of carboxylic acids is 1. The summed E-state index contributed by atoms with van der Waals surface area (Å²) in [6.07, 6.45) is 0.649. The summed E-state index contributed by atoms with van der Waals surface area (Å²) in [5, 5.41) is 8.82. The van der Waals surface area contributed by atoms with Gasteiger partial charge in [-0.3, -0.25) is 4.79 Å². The maximum Gasteiger partial charge on any atom is 0.305 e. The average Bonchev–Trinajstić information content (AvgIpc) is 2.47. The van der Waals surface area contributed by atoms with Crippen LogP contribution >= 0.6 is 0 Å². The molecule has 0 saturated carbocycles. The highest BCUT2D eigenvalue weighted by Gasteiger charge is 2.11. The Morgan fingerprint density at radius 1 is 1.24 bits per heavy atom. The molecular weight excluding hydrogens is 266 g/mol. The molecule has 21 heavy (non-hydrogen) atoms. The van der Waals surface area contributed by atoms with E-state index in [0.717, 1.165) is 28.9 Å². The van der Waals surface area contributed by atoms with Gasteiger partial charge in [0.05, 0.1) is 13.5 Å². The second-order valence-electron chi connectivity index (χ2n) is 4.94. The predicted molar refractivity (Wildman–Crippen MR) is 81.4 cm³/mol. The van der Waals surface area contributed by atoms with Crippen LogP contribution in [0.15, 0.2) is 48.5 Å². The van der Waals surface area contributed by atoms with Crippen LogP contribution in [0.5, 0.6) is 5.75 Å². The van der Waals surface area contributed by atoms with Crippen molar-refractivity contribution in [3.63, 3.8) is 0 Å². The molecule has 4 nitrogen and oxygen atoms in total. The molecule has 0 saturated heterocycles. The second-order valence-corrected chi connectivity index (χ2v) is 4.94. The van der Waals surface area contributed by atoms with Crippen LogP contribution in [-0.4, -0.2) is 18.2 Å². The van der Waals surface area contributed by atoms with Crippen molar-refractivity contribution in [3.8, 4) is 5.75 Å². The largest absolute Gasteiger partial charge is 0.496 e. The molecule has 0 spiro atoms. The molecule has 0 bridgehead atoms. The molecule has 1 atom stereocenters. The van der Waals surface area contributed by atoms with E-state index in [0.29, 0.717) is 0 Å². The summed E-state index contributed by atoms with van der Waals surface area (Å²) in [5.41, 5.74) is 8.91. The lowest BCUT2D eigenvalue weighted by atomic mass is 9.98. The molecule has 0 aliphatic carbocycles. The van der Waals surface area contributed by atoms with E-state index in [4.69, 9.17) is 15.6 Å². The maximum absolute atomic E-state index is 10.7. The number of carbonyl (C=O) groups is 1. The summed E-state index contributed by atoms with van der Waals surface area (Å²) in [7, 11) is 1.65. The smallest absolute Gasteiger partial charge is 0.305 e. The highest BCUT2D eigenvalue weighted by Crippen LogP contribution is 2.23. The van der Waals surface area contributed by atoms with Crippen molar-refractivity contribution in [1.29, 1.82) is 0 Å². The van der Waals surface area contributed by atoms with Gasteiger partial charge in [-0.2, -0.15) is 0 Å². The Kier molecular flexibility index (Phi) is 4.95. The van der Waals surface area contributed by atoms with Gasteiger partial charge >= 0.3 is 5.97 Å². The van der Waals surface area contributed by atoms with Crippen molar-refractivity contribution in [2.75, 3.05) is 7.11 Å². The number of nitrogens with two attached hydrogens (primary N) is 1. The predicted octanol–water partition coefficient (Wildman–Crippen LogP) is 2.76. The first-order valence-corrected chi connectivity index (χ1v) is 6.78. The normalized spacial score (nSPS) is 11.9. The first kappa shape index (κ1) is 15.1. The maximum atomic E-state index is 10.7. The summed E-state index contributed by atoms with van der Waals surface area (Å²) in [6, 6.07) is 15.1. The minimum absolute atomic E-state index is 0.0713. The number of methoxy groups -OCH3 is 1. The number of hydrogen-bond donors (Lipinski definition) is 2. The molecule has 2 aromatic rings. The monoisotopic (exact) mass is 285 g/mol. The summed E-state index contributed by atoms with van der Waals surface area (Å²) in [6.45, 7) is 0. The van der Waals surface area contributed by atoms with Crippen molar-refractivity contribution < 1.29 is 14.6 Å². The van der Waals surface area contributed by atoms with E-state index in [1.165, 1.54) is 0 Å². The van der Waals surface area contributed by atoms with Gasteiger partial charge in [0, 0.05) is 12.5 Å². The van der Waals surface area contributed by atoms with Crippen LogP contribution in [0, 0.1) is 0 Å². The molecule has 1 unspecified atom stereocenters.